The van der Waals surface area contributed by atoms with Gasteiger partial charge in [-0.1, -0.05) is 42.5 Å². The van der Waals surface area contributed by atoms with Crippen LogP contribution >= 0.6 is 0 Å². The van der Waals surface area contributed by atoms with Crippen LogP contribution in [0.5, 0.6) is 0 Å². The molecule has 1 aliphatic rings. The lowest BCUT2D eigenvalue weighted by atomic mass is 9.99. The third-order valence-corrected chi connectivity index (χ3v) is 7.21. The molecular formula is C21H25NO3S. The number of amides is 1. The van der Waals surface area contributed by atoms with Crippen molar-refractivity contribution in [3.05, 3.63) is 65.7 Å². The number of sulfone groups is 1. The zero-order chi connectivity index (χ0) is 18.7. The Morgan fingerprint density at radius 1 is 1.08 bits per heavy atom. The average molecular weight is 372 g/mol. The molecule has 5 heteroatoms. The van der Waals surface area contributed by atoms with E-state index in [1.165, 1.54) is 5.56 Å². The molecule has 0 aromatic heterocycles. The summed E-state index contributed by atoms with van der Waals surface area (Å²) in [4.78, 5) is 14.8. The summed E-state index contributed by atoms with van der Waals surface area (Å²) in [6.07, 6.45) is 1.30. The lowest BCUT2D eigenvalue weighted by Crippen LogP contribution is -2.29. The fourth-order valence-electron chi connectivity index (χ4n) is 3.34. The largest absolute Gasteiger partial charge is 0.342 e. The normalized spacial score (nSPS) is 17.7. The molecule has 1 saturated heterocycles. The number of hydrogen-bond acceptors (Lipinski definition) is 3. The van der Waals surface area contributed by atoms with Crippen molar-refractivity contribution >= 4 is 15.7 Å². The van der Waals surface area contributed by atoms with Crippen LogP contribution in [-0.2, 0) is 21.1 Å². The quantitative estimate of drug-likeness (QED) is 0.809. The summed E-state index contributed by atoms with van der Waals surface area (Å²) >= 11 is 0. The summed E-state index contributed by atoms with van der Waals surface area (Å²) in [5.41, 5.74) is 2.13. The molecule has 0 saturated carbocycles. The lowest BCUT2D eigenvalue weighted by Gasteiger charge is -2.17. The van der Waals surface area contributed by atoms with Crippen molar-refractivity contribution in [3.8, 4) is 0 Å². The Kier molecular flexibility index (Phi) is 5.47. The minimum absolute atomic E-state index is 0.0999. The molecule has 1 fully saturated rings. The minimum Gasteiger partial charge on any atom is -0.342 e. The Hall–Kier alpha value is -2.14. The molecule has 1 heterocycles. The first-order valence-electron chi connectivity index (χ1n) is 9.03. The van der Waals surface area contributed by atoms with E-state index in [-0.39, 0.29) is 5.91 Å². The second-order valence-electron chi connectivity index (χ2n) is 7.15. The van der Waals surface area contributed by atoms with E-state index in [0.717, 1.165) is 25.1 Å². The highest BCUT2D eigenvalue weighted by atomic mass is 32.2. The summed E-state index contributed by atoms with van der Waals surface area (Å²) in [5, 5.41) is -0.450. The van der Waals surface area contributed by atoms with Gasteiger partial charge in [-0.05, 0) is 43.5 Å². The monoisotopic (exact) mass is 371 g/mol. The van der Waals surface area contributed by atoms with Gasteiger partial charge in [0.15, 0.2) is 9.84 Å². The van der Waals surface area contributed by atoms with Crippen molar-refractivity contribution in [2.24, 2.45) is 0 Å². The number of hydrogen-bond donors (Lipinski definition) is 0. The summed E-state index contributed by atoms with van der Waals surface area (Å²) in [7, 11) is -3.27. The van der Waals surface area contributed by atoms with E-state index in [4.69, 9.17) is 0 Å². The molecule has 0 aliphatic carbocycles. The minimum atomic E-state index is -3.27. The molecular weight excluding hydrogens is 346 g/mol. The smallest absolute Gasteiger partial charge is 0.227 e. The fraction of sp³-hybridized carbons (Fsp3) is 0.381. The number of carbonyl (C=O) groups is 1. The number of likely N-dealkylation sites (tertiary alicyclic amines) is 1. The summed E-state index contributed by atoms with van der Waals surface area (Å²) in [6, 6.07) is 17.0. The summed E-state index contributed by atoms with van der Waals surface area (Å²) < 4.78 is 24.3. The molecule has 2 aromatic carbocycles. The van der Waals surface area contributed by atoms with Crippen molar-refractivity contribution in [2.45, 2.75) is 42.8 Å². The highest BCUT2D eigenvalue weighted by Gasteiger charge is 2.27. The molecule has 0 unspecified atom stereocenters. The summed E-state index contributed by atoms with van der Waals surface area (Å²) in [5.74, 6) is 0.501. The summed E-state index contributed by atoms with van der Waals surface area (Å²) in [6.45, 7) is 4.87. The SMILES string of the molecule is CC(C)S(=O)(=O)c1ccc(CC(=O)N2CC[C@H](c3ccccc3)C2)cc1. The molecule has 26 heavy (non-hydrogen) atoms. The number of carbonyl (C=O) groups excluding carboxylic acids is 1. The second-order valence-corrected chi connectivity index (χ2v) is 9.65. The van der Waals surface area contributed by atoms with Crippen LogP contribution in [0.1, 0.15) is 37.3 Å². The maximum absolute atomic E-state index is 12.6. The van der Waals surface area contributed by atoms with E-state index in [9.17, 15) is 13.2 Å². The Balaban J connectivity index is 1.62. The first-order chi connectivity index (χ1) is 12.4. The zero-order valence-electron chi connectivity index (χ0n) is 15.3. The van der Waals surface area contributed by atoms with Gasteiger partial charge in [-0.2, -0.15) is 0 Å². The van der Waals surface area contributed by atoms with E-state index < -0.39 is 15.1 Å². The predicted octanol–water partition coefficient (Wildman–Crippen LogP) is 3.43. The first kappa shape index (κ1) is 18.6. The van der Waals surface area contributed by atoms with Gasteiger partial charge in [0.2, 0.25) is 5.91 Å². The van der Waals surface area contributed by atoms with Crippen LogP contribution in [0.15, 0.2) is 59.5 Å². The van der Waals surface area contributed by atoms with Gasteiger partial charge in [-0.25, -0.2) is 8.42 Å². The Morgan fingerprint density at radius 3 is 2.35 bits per heavy atom. The number of benzene rings is 2. The van der Waals surface area contributed by atoms with Gasteiger partial charge in [-0.15, -0.1) is 0 Å². The van der Waals surface area contributed by atoms with Gasteiger partial charge in [0.1, 0.15) is 0 Å². The second kappa shape index (κ2) is 7.62. The molecule has 3 rings (SSSR count). The van der Waals surface area contributed by atoms with Crippen LogP contribution in [-0.4, -0.2) is 37.6 Å². The topological polar surface area (TPSA) is 54.5 Å². The Bertz CT molecular complexity index is 858. The molecule has 4 nitrogen and oxygen atoms in total. The van der Waals surface area contributed by atoms with Crippen molar-refractivity contribution < 1.29 is 13.2 Å². The fourth-order valence-corrected chi connectivity index (χ4v) is 4.40. The van der Waals surface area contributed by atoms with E-state index in [0.29, 0.717) is 17.2 Å². The lowest BCUT2D eigenvalue weighted by molar-refractivity contribution is -0.129. The van der Waals surface area contributed by atoms with Crippen LogP contribution in [0.2, 0.25) is 0 Å². The molecule has 1 amide bonds. The molecule has 0 radical (unpaired) electrons. The molecule has 0 N–H and O–H groups in total. The van der Waals surface area contributed by atoms with Gasteiger partial charge in [-0.3, -0.25) is 4.79 Å². The molecule has 0 spiro atoms. The maximum atomic E-state index is 12.6. The first-order valence-corrected chi connectivity index (χ1v) is 10.6. The van der Waals surface area contributed by atoms with E-state index in [2.05, 4.69) is 12.1 Å². The van der Waals surface area contributed by atoms with Gasteiger partial charge in [0, 0.05) is 19.0 Å². The van der Waals surface area contributed by atoms with Gasteiger partial charge >= 0.3 is 0 Å². The van der Waals surface area contributed by atoms with Crippen molar-refractivity contribution in [1.82, 2.24) is 4.90 Å². The van der Waals surface area contributed by atoms with Crippen molar-refractivity contribution in [3.63, 3.8) is 0 Å². The van der Waals surface area contributed by atoms with E-state index in [1.807, 2.05) is 23.1 Å². The predicted molar refractivity (Wildman–Crippen MR) is 103 cm³/mol. The van der Waals surface area contributed by atoms with E-state index >= 15 is 0 Å². The van der Waals surface area contributed by atoms with Crippen molar-refractivity contribution in [1.29, 1.82) is 0 Å². The van der Waals surface area contributed by atoms with Crippen LogP contribution in [0.4, 0.5) is 0 Å². The van der Waals surface area contributed by atoms with Gasteiger partial charge in [0.05, 0.1) is 16.6 Å². The highest BCUT2D eigenvalue weighted by Crippen LogP contribution is 2.27. The third-order valence-electron chi connectivity index (χ3n) is 5.04. The van der Waals surface area contributed by atoms with Crippen molar-refractivity contribution in [2.75, 3.05) is 13.1 Å². The van der Waals surface area contributed by atoms with E-state index in [1.54, 1.807) is 38.1 Å². The van der Waals surface area contributed by atoms with Crippen LogP contribution in [0.3, 0.4) is 0 Å². The van der Waals surface area contributed by atoms with Gasteiger partial charge in [0.25, 0.3) is 0 Å². The Morgan fingerprint density at radius 2 is 1.73 bits per heavy atom. The molecule has 2 aromatic rings. The van der Waals surface area contributed by atoms with Crippen LogP contribution < -0.4 is 0 Å². The molecule has 0 bridgehead atoms. The molecule has 1 aliphatic heterocycles. The zero-order valence-corrected chi connectivity index (χ0v) is 16.1. The number of nitrogens with zero attached hydrogens (tertiary/aromatic N) is 1. The molecule has 1 atom stereocenters. The standard InChI is InChI=1S/C21H25NO3S/c1-16(2)26(24,25)20-10-8-17(9-11-20)14-21(23)22-13-12-19(15-22)18-6-4-3-5-7-18/h3-11,16,19H,12-15H2,1-2H3/t19-/m0/s1. The molecule has 138 valence electrons. The average Bonchev–Trinajstić information content (AvgIpc) is 3.13. The van der Waals surface area contributed by atoms with Gasteiger partial charge < -0.3 is 4.90 Å². The van der Waals surface area contributed by atoms with Crippen LogP contribution in [0.25, 0.3) is 0 Å². The third kappa shape index (κ3) is 3.98. The maximum Gasteiger partial charge on any atom is 0.227 e. The Labute approximate surface area is 155 Å². The van der Waals surface area contributed by atoms with Crippen LogP contribution in [0, 0.1) is 0 Å². The number of rotatable bonds is 5. The highest BCUT2D eigenvalue weighted by molar-refractivity contribution is 7.92.